The summed E-state index contributed by atoms with van der Waals surface area (Å²) in [6, 6.07) is 1.80. The molecule has 2 heterocycles. The summed E-state index contributed by atoms with van der Waals surface area (Å²) in [7, 11) is 0. The number of hydrogen-bond acceptors (Lipinski definition) is 5. The molecule has 1 aliphatic heterocycles. The van der Waals surface area contributed by atoms with E-state index < -0.39 is 6.17 Å². The average Bonchev–Trinajstić information content (AvgIpc) is 2.58. The summed E-state index contributed by atoms with van der Waals surface area (Å²) in [5, 5.41) is 3.09. The fraction of sp³-hybridized carbons (Fsp3) is 0.647. The normalized spacial score (nSPS) is 20.1. The summed E-state index contributed by atoms with van der Waals surface area (Å²) >= 11 is 0. The van der Waals surface area contributed by atoms with Crippen molar-refractivity contribution in [2.75, 3.05) is 29.5 Å². The quantitative estimate of drug-likeness (QED) is 0.787. The average molecular weight is 335 g/mol. The Morgan fingerprint density at radius 3 is 2.50 bits per heavy atom. The fourth-order valence-electron chi connectivity index (χ4n) is 3.51. The summed E-state index contributed by atoms with van der Waals surface area (Å²) in [6.07, 6.45) is 5.62. The Hall–Kier alpha value is -2.05. The number of carbonyl (C=O) groups is 1. The van der Waals surface area contributed by atoms with Gasteiger partial charge in [0.1, 0.15) is 17.8 Å². The molecule has 6 nitrogen and oxygen atoms in total. The maximum absolute atomic E-state index is 13.4. The highest BCUT2D eigenvalue weighted by Gasteiger charge is 2.26. The zero-order valence-electron chi connectivity index (χ0n) is 13.9. The van der Waals surface area contributed by atoms with Gasteiger partial charge in [-0.2, -0.15) is 0 Å². The molecule has 0 radical (unpaired) electrons. The lowest BCUT2D eigenvalue weighted by atomic mass is 9.95. The van der Waals surface area contributed by atoms with Crippen LogP contribution in [-0.4, -0.2) is 36.2 Å². The number of aromatic nitrogens is 1. The van der Waals surface area contributed by atoms with E-state index in [0.29, 0.717) is 43.0 Å². The summed E-state index contributed by atoms with van der Waals surface area (Å²) in [6.45, 7) is 1.06. The maximum Gasteiger partial charge on any atom is 0.255 e. The topological polar surface area (TPSA) is 97.3 Å². The molecule has 1 saturated carbocycles. The number of nitrogens with zero attached hydrogens (tertiary/aromatic N) is 2. The first-order valence-electron chi connectivity index (χ1n) is 8.80. The number of amides is 1. The molecule has 3 rings (SSSR count). The SMILES string of the molecule is Nc1cc(C(=O)NC2CCCCC2)c(N2CCC(F)CC2)nc1N. The molecule has 2 fully saturated rings. The summed E-state index contributed by atoms with van der Waals surface area (Å²) in [4.78, 5) is 19.0. The van der Waals surface area contributed by atoms with Crippen molar-refractivity contribution in [3.8, 4) is 0 Å². The molecule has 1 saturated heterocycles. The molecule has 132 valence electrons. The maximum atomic E-state index is 13.4. The van der Waals surface area contributed by atoms with E-state index in [1.807, 2.05) is 4.90 Å². The minimum absolute atomic E-state index is 0.168. The number of anilines is 3. The van der Waals surface area contributed by atoms with Gasteiger partial charge < -0.3 is 21.7 Å². The van der Waals surface area contributed by atoms with Crippen LogP contribution < -0.4 is 21.7 Å². The zero-order chi connectivity index (χ0) is 17.1. The smallest absolute Gasteiger partial charge is 0.255 e. The number of halogens is 1. The van der Waals surface area contributed by atoms with Crippen LogP contribution in [-0.2, 0) is 0 Å². The third kappa shape index (κ3) is 3.71. The number of nitrogens with one attached hydrogen (secondary N) is 1. The molecule has 24 heavy (non-hydrogen) atoms. The summed E-state index contributed by atoms with van der Waals surface area (Å²) < 4.78 is 13.4. The van der Waals surface area contributed by atoms with Crippen LogP contribution in [0.2, 0.25) is 0 Å². The van der Waals surface area contributed by atoms with E-state index in [4.69, 9.17) is 11.5 Å². The second kappa shape index (κ2) is 7.23. The minimum atomic E-state index is -0.785. The van der Waals surface area contributed by atoms with E-state index in [1.54, 1.807) is 6.07 Å². The minimum Gasteiger partial charge on any atom is -0.396 e. The Morgan fingerprint density at radius 2 is 1.83 bits per heavy atom. The van der Waals surface area contributed by atoms with Gasteiger partial charge in [0.15, 0.2) is 0 Å². The van der Waals surface area contributed by atoms with Gasteiger partial charge in [-0.15, -0.1) is 0 Å². The Kier molecular flexibility index (Phi) is 5.06. The van der Waals surface area contributed by atoms with Crippen molar-refractivity contribution in [3.05, 3.63) is 11.6 Å². The number of alkyl halides is 1. The van der Waals surface area contributed by atoms with E-state index in [2.05, 4.69) is 10.3 Å². The molecule has 0 atom stereocenters. The largest absolute Gasteiger partial charge is 0.396 e. The molecule has 7 heteroatoms. The van der Waals surface area contributed by atoms with Gasteiger partial charge in [0, 0.05) is 19.1 Å². The van der Waals surface area contributed by atoms with Gasteiger partial charge in [0.25, 0.3) is 5.91 Å². The summed E-state index contributed by atoms with van der Waals surface area (Å²) in [5.41, 5.74) is 12.4. The number of piperidine rings is 1. The van der Waals surface area contributed by atoms with Crippen LogP contribution in [0.25, 0.3) is 0 Å². The lowest BCUT2D eigenvalue weighted by Crippen LogP contribution is -2.39. The molecule has 1 aromatic heterocycles. The van der Waals surface area contributed by atoms with Crippen molar-refractivity contribution in [1.82, 2.24) is 10.3 Å². The number of rotatable bonds is 3. The molecular formula is C17H26FN5O. The van der Waals surface area contributed by atoms with Gasteiger partial charge in [0.05, 0.1) is 11.3 Å². The standard InChI is InChI=1S/C17H26FN5O/c18-11-6-8-23(9-7-11)16-13(10-14(19)15(20)22-16)17(24)21-12-4-2-1-3-5-12/h10-12H,1-9,19H2,(H2,20,22)(H,21,24). The number of carbonyl (C=O) groups excluding carboxylic acids is 1. The highest BCUT2D eigenvalue weighted by atomic mass is 19.1. The Bertz CT molecular complexity index is 595. The van der Waals surface area contributed by atoms with Crippen LogP contribution in [0.5, 0.6) is 0 Å². The second-order valence-electron chi connectivity index (χ2n) is 6.80. The van der Waals surface area contributed by atoms with Crippen molar-refractivity contribution in [1.29, 1.82) is 0 Å². The van der Waals surface area contributed by atoms with E-state index in [0.717, 1.165) is 25.7 Å². The molecule has 0 aromatic carbocycles. The third-order valence-corrected chi connectivity index (χ3v) is 4.97. The number of nitrogens with two attached hydrogens (primary N) is 2. The lowest BCUT2D eigenvalue weighted by Gasteiger charge is -2.31. The first-order valence-corrected chi connectivity index (χ1v) is 8.80. The second-order valence-corrected chi connectivity index (χ2v) is 6.80. The summed E-state index contributed by atoms with van der Waals surface area (Å²) in [5.74, 6) is 0.557. The lowest BCUT2D eigenvalue weighted by molar-refractivity contribution is 0.0928. The van der Waals surface area contributed by atoms with E-state index in [1.165, 1.54) is 6.42 Å². The van der Waals surface area contributed by atoms with Crippen LogP contribution in [0, 0.1) is 0 Å². The van der Waals surface area contributed by atoms with Crippen molar-refractivity contribution < 1.29 is 9.18 Å². The molecule has 5 N–H and O–H groups in total. The first kappa shape index (κ1) is 16.8. The van der Waals surface area contributed by atoms with Crippen molar-refractivity contribution >= 4 is 23.2 Å². The Morgan fingerprint density at radius 1 is 1.17 bits per heavy atom. The monoisotopic (exact) mass is 335 g/mol. The van der Waals surface area contributed by atoms with Gasteiger partial charge in [-0.1, -0.05) is 19.3 Å². The molecule has 1 aromatic rings. The molecule has 2 aliphatic rings. The molecule has 0 spiro atoms. The van der Waals surface area contributed by atoms with Crippen molar-refractivity contribution in [2.45, 2.75) is 57.2 Å². The Labute approximate surface area is 141 Å². The van der Waals surface area contributed by atoms with Gasteiger partial charge >= 0.3 is 0 Å². The zero-order valence-corrected chi connectivity index (χ0v) is 13.9. The van der Waals surface area contributed by atoms with Crippen LogP contribution in [0.4, 0.5) is 21.7 Å². The fourth-order valence-corrected chi connectivity index (χ4v) is 3.51. The Balaban J connectivity index is 1.82. The van der Waals surface area contributed by atoms with Gasteiger partial charge in [0.2, 0.25) is 0 Å². The molecular weight excluding hydrogens is 309 g/mol. The molecule has 0 unspecified atom stereocenters. The van der Waals surface area contributed by atoms with Gasteiger partial charge in [-0.3, -0.25) is 4.79 Å². The van der Waals surface area contributed by atoms with Crippen LogP contribution in [0.3, 0.4) is 0 Å². The van der Waals surface area contributed by atoms with Gasteiger partial charge in [-0.25, -0.2) is 9.37 Å². The van der Waals surface area contributed by atoms with Crippen LogP contribution in [0.15, 0.2) is 6.07 Å². The number of nitrogen functional groups attached to an aromatic ring is 2. The van der Waals surface area contributed by atoms with E-state index in [9.17, 15) is 9.18 Å². The van der Waals surface area contributed by atoms with Gasteiger partial charge in [-0.05, 0) is 31.7 Å². The van der Waals surface area contributed by atoms with E-state index in [-0.39, 0.29) is 17.8 Å². The predicted molar refractivity (Wildman–Crippen MR) is 93.7 cm³/mol. The highest BCUT2D eigenvalue weighted by molar-refractivity contribution is 6.00. The first-order chi connectivity index (χ1) is 11.5. The number of pyridine rings is 1. The van der Waals surface area contributed by atoms with Crippen molar-refractivity contribution in [3.63, 3.8) is 0 Å². The van der Waals surface area contributed by atoms with E-state index >= 15 is 0 Å². The highest BCUT2D eigenvalue weighted by Crippen LogP contribution is 2.28. The number of hydrogen-bond donors (Lipinski definition) is 3. The third-order valence-electron chi connectivity index (χ3n) is 4.97. The molecule has 0 bridgehead atoms. The van der Waals surface area contributed by atoms with Crippen molar-refractivity contribution in [2.24, 2.45) is 0 Å². The molecule has 1 aliphatic carbocycles. The van der Waals surface area contributed by atoms with Crippen LogP contribution in [0.1, 0.15) is 55.3 Å². The predicted octanol–water partition coefficient (Wildman–Crippen LogP) is 2.25. The molecule has 1 amide bonds. The van der Waals surface area contributed by atoms with Crippen LogP contribution >= 0.6 is 0 Å².